The van der Waals surface area contributed by atoms with E-state index in [-0.39, 0.29) is 0 Å². The van der Waals surface area contributed by atoms with Gasteiger partial charge in [0.15, 0.2) is 0 Å². The second kappa shape index (κ2) is 4.35. The largest absolute Gasteiger partial charge is 0.349 e. The van der Waals surface area contributed by atoms with Crippen LogP contribution in [0.1, 0.15) is 16.1 Å². The molecule has 78 valence electrons. The number of aryl methyl sites for hydroxylation is 2. The number of anilines is 1. The van der Waals surface area contributed by atoms with Crippen LogP contribution in [0, 0.1) is 13.8 Å². The van der Waals surface area contributed by atoms with Crippen molar-refractivity contribution in [3.8, 4) is 0 Å². The van der Waals surface area contributed by atoms with Crippen LogP contribution in [0.25, 0.3) is 0 Å². The quantitative estimate of drug-likeness (QED) is 0.861. The number of hydrogen-bond acceptors (Lipinski definition) is 5. The van der Waals surface area contributed by atoms with Gasteiger partial charge in [-0.15, -0.1) is 11.3 Å². The molecule has 0 saturated heterocycles. The fourth-order valence-corrected chi connectivity index (χ4v) is 1.86. The fourth-order valence-electron chi connectivity index (χ4n) is 1.14. The van der Waals surface area contributed by atoms with Crippen molar-refractivity contribution in [3.05, 3.63) is 34.0 Å². The maximum absolute atomic E-state index is 4.18. The Morgan fingerprint density at radius 3 is 2.53 bits per heavy atom. The lowest BCUT2D eigenvalue weighted by molar-refractivity contribution is 1.04. The van der Waals surface area contributed by atoms with Crippen LogP contribution in [0.4, 0.5) is 5.95 Å². The molecule has 0 bridgehead atoms. The van der Waals surface area contributed by atoms with E-state index in [2.05, 4.69) is 20.3 Å². The molecule has 0 amide bonds. The summed E-state index contributed by atoms with van der Waals surface area (Å²) in [5, 5.41) is 3.16. The molecule has 0 aliphatic carbocycles. The molecule has 2 aromatic heterocycles. The van der Waals surface area contributed by atoms with Gasteiger partial charge in [0.1, 0.15) is 0 Å². The average Bonchev–Trinajstić information content (AvgIpc) is 2.63. The Morgan fingerprint density at radius 1 is 1.20 bits per heavy atom. The molecule has 4 nitrogen and oxygen atoms in total. The summed E-state index contributed by atoms with van der Waals surface area (Å²) >= 11 is 1.64. The molecule has 1 N–H and O–H groups in total. The topological polar surface area (TPSA) is 50.7 Å². The van der Waals surface area contributed by atoms with Crippen LogP contribution >= 0.6 is 11.3 Å². The number of rotatable bonds is 3. The zero-order valence-electron chi connectivity index (χ0n) is 8.69. The maximum atomic E-state index is 4.18. The van der Waals surface area contributed by atoms with Crippen LogP contribution < -0.4 is 5.32 Å². The third kappa shape index (κ3) is 2.50. The molecule has 5 heteroatoms. The molecular formula is C10H12N4S. The summed E-state index contributed by atoms with van der Waals surface area (Å²) in [4.78, 5) is 13.7. The number of thiazole rings is 1. The summed E-state index contributed by atoms with van der Waals surface area (Å²) in [6, 6.07) is 0. The van der Waals surface area contributed by atoms with Crippen LogP contribution in [0.2, 0.25) is 0 Å². The Kier molecular flexibility index (Phi) is 2.91. The minimum Gasteiger partial charge on any atom is -0.349 e. The second-order valence-electron chi connectivity index (χ2n) is 3.30. The van der Waals surface area contributed by atoms with E-state index in [9.17, 15) is 0 Å². The summed E-state index contributed by atoms with van der Waals surface area (Å²) in [6.07, 6.45) is 3.60. The summed E-state index contributed by atoms with van der Waals surface area (Å²) in [5.74, 6) is 0.661. The predicted octanol–water partition coefficient (Wildman–Crippen LogP) is 2.16. The van der Waals surface area contributed by atoms with Crippen molar-refractivity contribution in [2.45, 2.75) is 20.4 Å². The van der Waals surface area contributed by atoms with E-state index in [0.717, 1.165) is 17.8 Å². The summed E-state index contributed by atoms with van der Waals surface area (Å²) in [7, 11) is 0. The molecule has 0 spiro atoms. The highest BCUT2D eigenvalue weighted by Gasteiger charge is 2.01. The highest BCUT2D eigenvalue weighted by atomic mass is 32.1. The predicted molar refractivity (Wildman–Crippen MR) is 60.9 cm³/mol. The van der Waals surface area contributed by atoms with E-state index < -0.39 is 0 Å². The molecule has 2 aromatic rings. The van der Waals surface area contributed by atoms with Gasteiger partial charge in [0.05, 0.1) is 17.7 Å². The van der Waals surface area contributed by atoms with E-state index in [0.29, 0.717) is 5.95 Å². The molecule has 0 radical (unpaired) electrons. The molecular weight excluding hydrogens is 208 g/mol. The van der Waals surface area contributed by atoms with Gasteiger partial charge in [0.2, 0.25) is 5.95 Å². The Hall–Kier alpha value is -1.49. The lowest BCUT2D eigenvalue weighted by Gasteiger charge is -2.02. The van der Waals surface area contributed by atoms with Gasteiger partial charge in [-0.2, -0.15) is 0 Å². The van der Waals surface area contributed by atoms with Gasteiger partial charge < -0.3 is 5.32 Å². The van der Waals surface area contributed by atoms with E-state index in [1.807, 2.05) is 19.4 Å². The van der Waals surface area contributed by atoms with Crippen LogP contribution in [-0.4, -0.2) is 15.0 Å². The zero-order chi connectivity index (χ0) is 10.7. The highest BCUT2D eigenvalue weighted by molar-refractivity contribution is 7.09. The Morgan fingerprint density at radius 2 is 1.93 bits per heavy atom. The molecule has 0 fully saturated rings. The van der Waals surface area contributed by atoms with E-state index in [4.69, 9.17) is 0 Å². The Labute approximate surface area is 92.4 Å². The minimum atomic E-state index is 0.661. The molecule has 0 aliphatic heterocycles. The first-order chi connectivity index (χ1) is 7.25. The van der Waals surface area contributed by atoms with Crippen LogP contribution in [0.15, 0.2) is 17.9 Å². The van der Waals surface area contributed by atoms with E-state index in [1.165, 1.54) is 4.88 Å². The number of nitrogens with zero attached hydrogens (tertiary/aromatic N) is 3. The summed E-state index contributed by atoms with van der Waals surface area (Å²) in [5.41, 5.74) is 3.98. The van der Waals surface area contributed by atoms with Crippen molar-refractivity contribution in [3.63, 3.8) is 0 Å². The number of aromatic nitrogens is 3. The zero-order valence-corrected chi connectivity index (χ0v) is 9.51. The lowest BCUT2D eigenvalue weighted by Crippen LogP contribution is -2.03. The van der Waals surface area contributed by atoms with Crippen molar-refractivity contribution in [2.75, 3.05) is 5.32 Å². The molecule has 0 saturated carbocycles. The van der Waals surface area contributed by atoms with Gasteiger partial charge in [-0.25, -0.2) is 15.0 Å². The molecule has 0 aliphatic rings. The van der Waals surface area contributed by atoms with Crippen molar-refractivity contribution in [2.24, 2.45) is 0 Å². The normalized spacial score (nSPS) is 10.3. The van der Waals surface area contributed by atoms with E-state index >= 15 is 0 Å². The Balaban J connectivity index is 1.99. The molecule has 0 unspecified atom stereocenters. The maximum Gasteiger partial charge on any atom is 0.222 e. The van der Waals surface area contributed by atoms with Gasteiger partial charge in [-0.1, -0.05) is 0 Å². The second-order valence-corrected chi connectivity index (χ2v) is 4.24. The standard InChI is InChI=1S/C10H12N4S/c1-7-3-11-10(12-4-7)13-5-9-8(2)14-6-15-9/h3-4,6H,5H2,1-2H3,(H,11,12,13). The lowest BCUT2D eigenvalue weighted by atomic mass is 10.4. The van der Waals surface area contributed by atoms with Gasteiger partial charge in [0.25, 0.3) is 0 Å². The van der Waals surface area contributed by atoms with Crippen molar-refractivity contribution in [1.82, 2.24) is 15.0 Å². The van der Waals surface area contributed by atoms with Gasteiger partial charge in [0, 0.05) is 17.3 Å². The molecule has 2 rings (SSSR count). The summed E-state index contributed by atoms with van der Waals surface area (Å²) < 4.78 is 0. The van der Waals surface area contributed by atoms with Crippen LogP contribution in [0.5, 0.6) is 0 Å². The third-order valence-corrected chi connectivity index (χ3v) is 2.97. The van der Waals surface area contributed by atoms with Crippen molar-refractivity contribution >= 4 is 17.3 Å². The highest BCUT2D eigenvalue weighted by Crippen LogP contribution is 2.13. The van der Waals surface area contributed by atoms with Crippen molar-refractivity contribution < 1.29 is 0 Å². The SMILES string of the molecule is Cc1cnc(NCc2scnc2C)nc1. The third-order valence-electron chi connectivity index (χ3n) is 2.03. The van der Waals surface area contributed by atoms with Gasteiger partial charge in [-0.3, -0.25) is 0 Å². The fraction of sp³-hybridized carbons (Fsp3) is 0.300. The molecule has 0 atom stereocenters. The minimum absolute atomic E-state index is 0.661. The first kappa shape index (κ1) is 10.0. The van der Waals surface area contributed by atoms with Crippen molar-refractivity contribution in [1.29, 1.82) is 0 Å². The first-order valence-electron chi connectivity index (χ1n) is 4.67. The Bertz CT molecular complexity index is 435. The monoisotopic (exact) mass is 220 g/mol. The smallest absolute Gasteiger partial charge is 0.222 e. The number of nitrogens with one attached hydrogen (secondary N) is 1. The summed E-state index contributed by atoms with van der Waals surface area (Å²) in [6.45, 7) is 4.71. The van der Waals surface area contributed by atoms with E-state index in [1.54, 1.807) is 23.7 Å². The van der Waals surface area contributed by atoms with Gasteiger partial charge in [-0.05, 0) is 19.4 Å². The molecule has 2 heterocycles. The molecule has 0 aromatic carbocycles. The van der Waals surface area contributed by atoms with Crippen LogP contribution in [0.3, 0.4) is 0 Å². The molecule has 15 heavy (non-hydrogen) atoms. The average molecular weight is 220 g/mol. The first-order valence-corrected chi connectivity index (χ1v) is 5.55. The van der Waals surface area contributed by atoms with Gasteiger partial charge >= 0.3 is 0 Å². The number of hydrogen-bond donors (Lipinski definition) is 1. The van der Waals surface area contributed by atoms with Crippen LogP contribution in [-0.2, 0) is 6.54 Å².